The molecule has 0 spiro atoms. The van der Waals surface area contributed by atoms with Crippen molar-refractivity contribution in [2.75, 3.05) is 10.8 Å². The Balaban J connectivity index is 1.83. The summed E-state index contributed by atoms with van der Waals surface area (Å²) in [6.07, 6.45) is 0.850. The first-order valence-corrected chi connectivity index (χ1v) is 16.9. The molecule has 0 aromatic heterocycles. The highest BCUT2D eigenvalue weighted by molar-refractivity contribution is 7.92. The van der Waals surface area contributed by atoms with Crippen LogP contribution in [-0.2, 0) is 32.6 Å². The van der Waals surface area contributed by atoms with E-state index in [2.05, 4.69) is 5.32 Å². The van der Waals surface area contributed by atoms with Crippen molar-refractivity contribution in [3.63, 3.8) is 0 Å². The maximum Gasteiger partial charge on any atom is 0.264 e. The number of anilines is 1. The van der Waals surface area contributed by atoms with Crippen molar-refractivity contribution in [2.45, 2.75) is 64.1 Å². The zero-order valence-corrected chi connectivity index (χ0v) is 28.0. The molecule has 0 heterocycles. The van der Waals surface area contributed by atoms with Gasteiger partial charge in [-0.25, -0.2) is 12.8 Å². The molecule has 2 atom stereocenters. The lowest BCUT2D eigenvalue weighted by Crippen LogP contribution is -2.54. The molecule has 0 radical (unpaired) electrons. The molecule has 0 saturated carbocycles. The molecule has 4 aromatic rings. The molecule has 4 rings (SSSR count). The number of benzene rings is 4. The molecule has 0 fully saturated rings. The molecule has 7 nitrogen and oxygen atoms in total. The van der Waals surface area contributed by atoms with Crippen molar-refractivity contribution >= 4 is 39.1 Å². The van der Waals surface area contributed by atoms with Crippen molar-refractivity contribution in [2.24, 2.45) is 0 Å². The van der Waals surface area contributed by atoms with Crippen molar-refractivity contribution in [1.82, 2.24) is 10.2 Å². The van der Waals surface area contributed by atoms with Crippen LogP contribution in [0.2, 0.25) is 5.02 Å². The van der Waals surface area contributed by atoms with Gasteiger partial charge in [-0.05, 0) is 80.3 Å². The highest BCUT2D eigenvalue weighted by Gasteiger charge is 2.35. The monoisotopic (exact) mass is 663 g/mol. The number of carbonyl (C=O) groups is 2. The lowest BCUT2D eigenvalue weighted by atomic mass is 10.0. The predicted octanol–water partition coefficient (Wildman–Crippen LogP) is 6.85. The maximum atomic E-state index is 14.6. The Morgan fingerprint density at radius 3 is 2.17 bits per heavy atom. The normalized spacial score (nSPS) is 12.7. The molecule has 242 valence electrons. The molecule has 2 amide bonds. The molecular weight excluding hydrogens is 625 g/mol. The second-order valence-corrected chi connectivity index (χ2v) is 13.7. The molecular formula is C36H39ClFN3O4S. The van der Waals surface area contributed by atoms with Gasteiger partial charge in [-0.3, -0.25) is 13.9 Å². The topological polar surface area (TPSA) is 86.8 Å². The zero-order chi connectivity index (χ0) is 33.4. The van der Waals surface area contributed by atoms with E-state index in [-0.39, 0.29) is 35.5 Å². The molecule has 0 bridgehead atoms. The summed E-state index contributed by atoms with van der Waals surface area (Å²) in [6, 6.07) is 25.0. The summed E-state index contributed by atoms with van der Waals surface area (Å²) in [5.74, 6) is -1.43. The van der Waals surface area contributed by atoms with Crippen LogP contribution < -0.4 is 9.62 Å². The minimum atomic E-state index is -4.27. The van der Waals surface area contributed by atoms with E-state index in [4.69, 9.17) is 11.6 Å². The molecule has 0 unspecified atom stereocenters. The second kappa shape index (κ2) is 15.4. The summed E-state index contributed by atoms with van der Waals surface area (Å²) in [4.78, 5) is 29.8. The lowest BCUT2D eigenvalue weighted by molar-refractivity contribution is -0.140. The Morgan fingerprint density at radius 1 is 0.891 bits per heavy atom. The number of aryl methyl sites for hydroxylation is 2. The number of rotatable bonds is 13. The van der Waals surface area contributed by atoms with Gasteiger partial charge in [0, 0.05) is 24.0 Å². The number of nitrogens with one attached hydrogen (secondary N) is 1. The van der Waals surface area contributed by atoms with Crippen LogP contribution in [0.15, 0.2) is 102 Å². The molecule has 0 aliphatic carbocycles. The van der Waals surface area contributed by atoms with Crippen molar-refractivity contribution in [3.8, 4) is 0 Å². The van der Waals surface area contributed by atoms with Crippen molar-refractivity contribution in [3.05, 3.63) is 130 Å². The van der Waals surface area contributed by atoms with Crippen LogP contribution in [0.25, 0.3) is 0 Å². The minimum Gasteiger partial charge on any atom is -0.352 e. The number of hydrogen-bond donors (Lipinski definition) is 1. The van der Waals surface area contributed by atoms with E-state index < -0.39 is 34.3 Å². The van der Waals surface area contributed by atoms with E-state index in [0.29, 0.717) is 22.6 Å². The first-order chi connectivity index (χ1) is 21.9. The fourth-order valence-corrected chi connectivity index (χ4v) is 6.62. The second-order valence-electron chi connectivity index (χ2n) is 11.4. The number of amides is 2. The van der Waals surface area contributed by atoms with E-state index >= 15 is 0 Å². The van der Waals surface area contributed by atoms with Gasteiger partial charge >= 0.3 is 0 Å². The highest BCUT2D eigenvalue weighted by Crippen LogP contribution is 2.30. The molecule has 0 aliphatic heterocycles. The Labute approximate surface area is 276 Å². The zero-order valence-electron chi connectivity index (χ0n) is 26.4. The van der Waals surface area contributed by atoms with Crippen LogP contribution in [0.4, 0.5) is 10.1 Å². The van der Waals surface area contributed by atoms with Gasteiger partial charge in [0.1, 0.15) is 18.4 Å². The number of carbonyl (C=O) groups excluding carboxylic acids is 2. The summed E-state index contributed by atoms with van der Waals surface area (Å²) < 4.78 is 43.4. The summed E-state index contributed by atoms with van der Waals surface area (Å²) in [7, 11) is -4.27. The Morgan fingerprint density at radius 2 is 1.54 bits per heavy atom. The highest BCUT2D eigenvalue weighted by atomic mass is 35.5. The van der Waals surface area contributed by atoms with Crippen LogP contribution in [0.3, 0.4) is 0 Å². The minimum absolute atomic E-state index is 0.00529. The fourth-order valence-electron chi connectivity index (χ4n) is 4.98. The van der Waals surface area contributed by atoms with Crippen LogP contribution >= 0.6 is 11.6 Å². The van der Waals surface area contributed by atoms with Gasteiger partial charge in [0.05, 0.1) is 10.6 Å². The molecule has 0 aliphatic rings. The van der Waals surface area contributed by atoms with Gasteiger partial charge in [-0.1, -0.05) is 84.8 Å². The van der Waals surface area contributed by atoms with E-state index in [1.807, 2.05) is 51.1 Å². The quantitative estimate of drug-likeness (QED) is 0.170. The lowest BCUT2D eigenvalue weighted by Gasteiger charge is -2.34. The first kappa shape index (κ1) is 34.7. The van der Waals surface area contributed by atoms with E-state index in [0.717, 1.165) is 15.4 Å². The van der Waals surface area contributed by atoms with Gasteiger partial charge in [0.2, 0.25) is 11.8 Å². The van der Waals surface area contributed by atoms with Crippen molar-refractivity contribution < 1.29 is 22.4 Å². The molecule has 4 aromatic carbocycles. The van der Waals surface area contributed by atoms with E-state index in [1.165, 1.54) is 35.2 Å². The SMILES string of the molecule is CC[C@H](C)NC(=O)[C@H](Cc1ccccc1)N(Cc1ccc(F)cc1)C(=O)CN(c1cc(Cl)ccc1C)S(=O)(=O)c1ccc(C)cc1. The third-order valence-electron chi connectivity index (χ3n) is 7.87. The summed E-state index contributed by atoms with van der Waals surface area (Å²) in [6.45, 7) is 6.74. The number of hydrogen-bond acceptors (Lipinski definition) is 4. The predicted molar refractivity (Wildman–Crippen MR) is 181 cm³/mol. The molecule has 46 heavy (non-hydrogen) atoms. The van der Waals surface area contributed by atoms with Gasteiger partial charge in [0.25, 0.3) is 10.0 Å². The van der Waals surface area contributed by atoms with Crippen LogP contribution in [0, 0.1) is 19.7 Å². The fraction of sp³-hybridized carbons (Fsp3) is 0.278. The molecule has 1 N–H and O–H groups in total. The van der Waals surface area contributed by atoms with Gasteiger partial charge in [0.15, 0.2) is 0 Å². The molecule has 10 heteroatoms. The third-order valence-corrected chi connectivity index (χ3v) is 9.88. The smallest absolute Gasteiger partial charge is 0.264 e. The van der Waals surface area contributed by atoms with Gasteiger partial charge in [-0.2, -0.15) is 0 Å². The Bertz CT molecular complexity index is 1750. The molecule has 0 saturated heterocycles. The number of sulfonamides is 1. The van der Waals surface area contributed by atoms with Crippen LogP contribution in [0.5, 0.6) is 0 Å². The third kappa shape index (κ3) is 8.73. The van der Waals surface area contributed by atoms with Crippen molar-refractivity contribution in [1.29, 1.82) is 0 Å². The Hall–Kier alpha value is -4.21. The Kier molecular flexibility index (Phi) is 11.6. The van der Waals surface area contributed by atoms with Gasteiger partial charge in [-0.15, -0.1) is 0 Å². The summed E-state index contributed by atoms with van der Waals surface area (Å²) in [5.41, 5.74) is 3.11. The summed E-state index contributed by atoms with van der Waals surface area (Å²) >= 11 is 6.34. The van der Waals surface area contributed by atoms with Crippen LogP contribution in [-0.4, -0.2) is 43.8 Å². The standard InChI is InChI=1S/C36H39ClFN3O4S/c1-5-27(4)39-36(43)34(21-28-9-7-6-8-10-28)40(23-29-14-17-31(38)18-15-29)35(42)24-41(33-22-30(37)16-13-26(33)3)46(44,45)32-19-11-25(2)12-20-32/h6-20,22,27,34H,5,21,23-24H2,1-4H3,(H,39,43)/t27-,34-/m0/s1. The van der Waals surface area contributed by atoms with Crippen LogP contribution in [0.1, 0.15) is 42.5 Å². The number of nitrogens with zero attached hydrogens (tertiary/aromatic N) is 2. The van der Waals surface area contributed by atoms with E-state index in [9.17, 15) is 22.4 Å². The average molecular weight is 664 g/mol. The summed E-state index contributed by atoms with van der Waals surface area (Å²) in [5, 5.41) is 3.30. The number of halogens is 2. The maximum absolute atomic E-state index is 14.6. The first-order valence-electron chi connectivity index (χ1n) is 15.1. The van der Waals surface area contributed by atoms with Gasteiger partial charge < -0.3 is 10.2 Å². The largest absolute Gasteiger partial charge is 0.352 e. The van der Waals surface area contributed by atoms with E-state index in [1.54, 1.807) is 43.3 Å². The average Bonchev–Trinajstić information content (AvgIpc) is 3.04.